The summed E-state index contributed by atoms with van der Waals surface area (Å²) in [6.45, 7) is 7.37. The summed E-state index contributed by atoms with van der Waals surface area (Å²) in [5.41, 5.74) is 1.50. The van der Waals surface area contributed by atoms with E-state index in [4.69, 9.17) is 4.74 Å². The van der Waals surface area contributed by atoms with Gasteiger partial charge in [-0.05, 0) is 39.2 Å². The van der Waals surface area contributed by atoms with Crippen LogP contribution in [-0.4, -0.2) is 34.7 Å². The van der Waals surface area contributed by atoms with Crippen LogP contribution in [-0.2, 0) is 16.1 Å². The zero-order valence-corrected chi connectivity index (χ0v) is 12.2. The molecular weight excluding hydrogens is 242 g/mol. The number of ether oxygens (including phenoxy) is 1. The van der Waals surface area contributed by atoms with Gasteiger partial charge in [0.05, 0.1) is 25.7 Å². The van der Waals surface area contributed by atoms with E-state index in [1.54, 1.807) is 0 Å². The molecule has 0 aromatic carbocycles. The first-order chi connectivity index (χ1) is 9.05. The zero-order chi connectivity index (χ0) is 14.0. The van der Waals surface area contributed by atoms with Crippen LogP contribution in [0, 0.1) is 19.8 Å². The molecule has 106 valence electrons. The standard InChI is InChI=1S/C14H23N3O2/c1-5-16-14(12-6-7-12,13(18)19-4)8-17-9-15-10(2)11(17)3/h9,12,16H,5-8H2,1-4H3. The van der Waals surface area contributed by atoms with Crippen LogP contribution in [0.3, 0.4) is 0 Å². The Labute approximate surface area is 114 Å². The molecule has 1 N–H and O–H groups in total. The number of hydrogen-bond acceptors (Lipinski definition) is 4. The van der Waals surface area contributed by atoms with E-state index in [1.807, 2.05) is 31.7 Å². The van der Waals surface area contributed by atoms with Gasteiger partial charge in [0.25, 0.3) is 0 Å². The Morgan fingerprint density at radius 2 is 2.26 bits per heavy atom. The maximum atomic E-state index is 12.3. The molecule has 19 heavy (non-hydrogen) atoms. The summed E-state index contributed by atoms with van der Waals surface area (Å²) in [6.07, 6.45) is 3.96. The van der Waals surface area contributed by atoms with Crippen molar-refractivity contribution >= 4 is 5.97 Å². The Bertz CT molecular complexity index is 465. The maximum Gasteiger partial charge on any atom is 0.328 e. The highest BCUT2D eigenvalue weighted by molar-refractivity contribution is 5.81. The van der Waals surface area contributed by atoms with E-state index in [0.29, 0.717) is 12.5 Å². The normalized spacial score (nSPS) is 18.1. The largest absolute Gasteiger partial charge is 0.468 e. The molecule has 1 atom stereocenters. The Morgan fingerprint density at radius 1 is 1.58 bits per heavy atom. The third-order valence-electron chi connectivity index (χ3n) is 4.08. The summed E-state index contributed by atoms with van der Waals surface area (Å²) >= 11 is 0. The molecule has 0 spiro atoms. The minimum atomic E-state index is -0.610. The number of rotatable bonds is 6. The average Bonchev–Trinajstić information content (AvgIpc) is 3.20. The molecule has 1 saturated carbocycles. The number of aryl methyl sites for hydroxylation is 1. The van der Waals surface area contributed by atoms with Crippen LogP contribution in [0.15, 0.2) is 6.33 Å². The van der Waals surface area contributed by atoms with E-state index in [-0.39, 0.29) is 5.97 Å². The molecule has 0 saturated heterocycles. The number of carbonyl (C=O) groups is 1. The number of nitrogens with one attached hydrogen (secondary N) is 1. The molecule has 1 aromatic rings. The van der Waals surface area contributed by atoms with Crippen molar-refractivity contribution in [3.8, 4) is 0 Å². The van der Waals surface area contributed by atoms with Crippen LogP contribution < -0.4 is 5.32 Å². The van der Waals surface area contributed by atoms with Crippen molar-refractivity contribution in [2.24, 2.45) is 5.92 Å². The third-order valence-corrected chi connectivity index (χ3v) is 4.08. The predicted molar refractivity (Wildman–Crippen MR) is 72.8 cm³/mol. The van der Waals surface area contributed by atoms with E-state index < -0.39 is 5.54 Å². The average molecular weight is 265 g/mol. The van der Waals surface area contributed by atoms with Gasteiger partial charge in [0.1, 0.15) is 5.54 Å². The van der Waals surface area contributed by atoms with Crippen LogP contribution in [0.2, 0.25) is 0 Å². The van der Waals surface area contributed by atoms with Gasteiger partial charge in [-0.3, -0.25) is 0 Å². The van der Waals surface area contributed by atoms with Gasteiger partial charge in [0, 0.05) is 5.69 Å². The van der Waals surface area contributed by atoms with E-state index in [1.165, 1.54) is 7.11 Å². The van der Waals surface area contributed by atoms with Crippen LogP contribution in [0.25, 0.3) is 0 Å². The van der Waals surface area contributed by atoms with Gasteiger partial charge in [-0.15, -0.1) is 0 Å². The number of carbonyl (C=O) groups excluding carboxylic acids is 1. The number of aromatic nitrogens is 2. The number of esters is 1. The number of nitrogens with zero attached hydrogens (tertiary/aromatic N) is 2. The predicted octanol–water partition coefficient (Wildman–Crippen LogP) is 1.43. The molecular formula is C14H23N3O2. The summed E-state index contributed by atoms with van der Waals surface area (Å²) in [5.74, 6) is 0.199. The molecule has 0 aliphatic heterocycles. The first-order valence-electron chi connectivity index (χ1n) is 6.87. The molecule has 0 bridgehead atoms. The third kappa shape index (κ3) is 2.52. The van der Waals surface area contributed by atoms with Gasteiger partial charge < -0.3 is 14.6 Å². The lowest BCUT2D eigenvalue weighted by molar-refractivity contribution is -0.150. The van der Waals surface area contributed by atoms with Crippen molar-refractivity contribution in [3.05, 3.63) is 17.7 Å². The van der Waals surface area contributed by atoms with Crippen molar-refractivity contribution in [2.45, 2.75) is 45.7 Å². The second-order valence-electron chi connectivity index (χ2n) is 5.31. The topological polar surface area (TPSA) is 56.2 Å². The molecule has 2 rings (SSSR count). The fourth-order valence-electron chi connectivity index (χ4n) is 2.68. The maximum absolute atomic E-state index is 12.3. The van der Waals surface area contributed by atoms with Crippen molar-refractivity contribution in [3.63, 3.8) is 0 Å². The summed E-state index contributed by atoms with van der Waals surface area (Å²) in [6, 6.07) is 0. The quantitative estimate of drug-likeness (QED) is 0.791. The van der Waals surface area contributed by atoms with Gasteiger partial charge in [-0.25, -0.2) is 9.78 Å². The second kappa shape index (κ2) is 5.33. The summed E-state index contributed by atoms with van der Waals surface area (Å²) in [7, 11) is 1.46. The van der Waals surface area contributed by atoms with Gasteiger partial charge >= 0.3 is 5.97 Å². The molecule has 1 aliphatic carbocycles. The van der Waals surface area contributed by atoms with Crippen LogP contribution >= 0.6 is 0 Å². The molecule has 1 aliphatic rings. The van der Waals surface area contributed by atoms with E-state index in [0.717, 1.165) is 30.8 Å². The molecule has 0 amide bonds. The SMILES string of the molecule is CCNC(Cn1cnc(C)c1C)(C(=O)OC)C1CC1. The second-order valence-corrected chi connectivity index (χ2v) is 5.31. The molecule has 5 nitrogen and oxygen atoms in total. The molecule has 1 heterocycles. The van der Waals surface area contributed by atoms with Crippen molar-refractivity contribution in [2.75, 3.05) is 13.7 Å². The zero-order valence-electron chi connectivity index (χ0n) is 12.2. The van der Waals surface area contributed by atoms with E-state index in [2.05, 4.69) is 10.3 Å². The number of imidazole rings is 1. The lowest BCUT2D eigenvalue weighted by atomic mass is 9.92. The number of methoxy groups -OCH3 is 1. The van der Waals surface area contributed by atoms with E-state index in [9.17, 15) is 4.79 Å². The fourth-order valence-corrected chi connectivity index (χ4v) is 2.68. The highest BCUT2D eigenvalue weighted by Gasteiger charge is 2.51. The first kappa shape index (κ1) is 14.1. The molecule has 1 aromatic heterocycles. The summed E-state index contributed by atoms with van der Waals surface area (Å²) in [4.78, 5) is 16.6. The highest BCUT2D eigenvalue weighted by Crippen LogP contribution is 2.41. The van der Waals surface area contributed by atoms with Gasteiger partial charge in [-0.1, -0.05) is 6.92 Å². The van der Waals surface area contributed by atoms with Crippen molar-refractivity contribution < 1.29 is 9.53 Å². The summed E-state index contributed by atoms with van der Waals surface area (Å²) < 4.78 is 7.10. The Hall–Kier alpha value is -1.36. The van der Waals surface area contributed by atoms with E-state index >= 15 is 0 Å². The minimum Gasteiger partial charge on any atom is -0.468 e. The Morgan fingerprint density at radius 3 is 2.68 bits per heavy atom. The Balaban J connectivity index is 2.31. The van der Waals surface area contributed by atoms with Crippen LogP contribution in [0.1, 0.15) is 31.2 Å². The van der Waals surface area contributed by atoms with Gasteiger partial charge in [-0.2, -0.15) is 0 Å². The molecule has 1 unspecified atom stereocenters. The van der Waals surface area contributed by atoms with Gasteiger partial charge in [0.2, 0.25) is 0 Å². The molecule has 0 radical (unpaired) electrons. The lowest BCUT2D eigenvalue weighted by Gasteiger charge is -2.32. The van der Waals surface area contributed by atoms with Crippen molar-refractivity contribution in [1.82, 2.24) is 14.9 Å². The smallest absolute Gasteiger partial charge is 0.328 e. The van der Waals surface area contributed by atoms with Crippen molar-refractivity contribution in [1.29, 1.82) is 0 Å². The number of likely N-dealkylation sites (N-methyl/N-ethyl adjacent to an activating group) is 1. The summed E-state index contributed by atoms with van der Waals surface area (Å²) in [5, 5.41) is 3.37. The van der Waals surface area contributed by atoms with Crippen LogP contribution in [0.4, 0.5) is 0 Å². The first-order valence-corrected chi connectivity index (χ1v) is 6.87. The molecule has 5 heteroatoms. The minimum absolute atomic E-state index is 0.164. The van der Waals surface area contributed by atoms with Crippen LogP contribution in [0.5, 0.6) is 0 Å². The highest BCUT2D eigenvalue weighted by atomic mass is 16.5. The Kier molecular flexibility index (Phi) is 3.94. The monoisotopic (exact) mass is 265 g/mol. The fraction of sp³-hybridized carbons (Fsp3) is 0.714. The molecule has 1 fully saturated rings. The number of hydrogen-bond donors (Lipinski definition) is 1. The van der Waals surface area contributed by atoms with Gasteiger partial charge in [0.15, 0.2) is 0 Å². The lowest BCUT2D eigenvalue weighted by Crippen LogP contribution is -2.57.